The number of aromatic nitrogens is 1. The summed E-state index contributed by atoms with van der Waals surface area (Å²) in [6, 6.07) is 18.8. The van der Waals surface area contributed by atoms with E-state index in [4.69, 9.17) is 12.2 Å². The van der Waals surface area contributed by atoms with Gasteiger partial charge in [-0.05, 0) is 71.5 Å². The minimum Gasteiger partial charge on any atom is -0.351 e. The molecule has 0 radical (unpaired) electrons. The first-order valence-corrected chi connectivity index (χ1v) is 9.98. The third kappa shape index (κ3) is 3.21. The molecule has 2 atom stereocenters. The van der Waals surface area contributed by atoms with E-state index >= 15 is 0 Å². The first-order chi connectivity index (χ1) is 12.1. The Hall–Kier alpha value is -1.76. The summed E-state index contributed by atoms with van der Waals surface area (Å²) in [5.41, 5.74) is 3.32. The molecule has 2 aromatic heterocycles. The van der Waals surface area contributed by atoms with Gasteiger partial charge in [0, 0.05) is 16.8 Å². The van der Waals surface area contributed by atoms with Crippen LogP contribution in [0.1, 0.15) is 28.2 Å². The average molecular weight is 430 g/mol. The molecule has 1 aliphatic rings. The molecule has 1 aromatic carbocycles. The van der Waals surface area contributed by atoms with Gasteiger partial charge >= 0.3 is 0 Å². The molecule has 0 unspecified atom stereocenters. The minimum absolute atomic E-state index is 0.0144. The van der Waals surface area contributed by atoms with Gasteiger partial charge in [0.05, 0.1) is 21.6 Å². The monoisotopic (exact) mass is 429 g/mol. The summed E-state index contributed by atoms with van der Waals surface area (Å²) in [6.45, 7) is 2.09. The molecule has 0 spiro atoms. The summed E-state index contributed by atoms with van der Waals surface area (Å²) in [5.74, 6) is 0. The van der Waals surface area contributed by atoms with Crippen molar-refractivity contribution in [3.8, 4) is 0 Å². The van der Waals surface area contributed by atoms with E-state index in [9.17, 15) is 0 Å². The zero-order valence-electron chi connectivity index (χ0n) is 13.5. The van der Waals surface area contributed by atoms with Crippen molar-refractivity contribution in [3.63, 3.8) is 0 Å². The number of pyridine rings is 1. The molecule has 25 heavy (non-hydrogen) atoms. The van der Waals surface area contributed by atoms with Gasteiger partial charge in [0.1, 0.15) is 0 Å². The van der Waals surface area contributed by atoms with E-state index in [0.29, 0.717) is 0 Å². The summed E-state index contributed by atoms with van der Waals surface area (Å²) in [4.78, 5) is 8.01. The van der Waals surface area contributed by atoms with E-state index in [-0.39, 0.29) is 12.1 Å². The van der Waals surface area contributed by atoms with Gasteiger partial charge in [-0.25, -0.2) is 0 Å². The number of thiophene rings is 1. The number of thiocarbonyl (C=S) groups is 1. The van der Waals surface area contributed by atoms with Crippen LogP contribution < -0.4 is 10.2 Å². The molecule has 0 bridgehead atoms. The normalized spacial score (nSPS) is 19.9. The van der Waals surface area contributed by atoms with Crippen molar-refractivity contribution in [1.82, 2.24) is 10.3 Å². The van der Waals surface area contributed by atoms with Crippen molar-refractivity contribution in [2.75, 3.05) is 4.90 Å². The number of benzene rings is 1. The Morgan fingerprint density at radius 3 is 2.56 bits per heavy atom. The first-order valence-electron chi connectivity index (χ1n) is 7.96. The number of rotatable bonds is 3. The Labute approximate surface area is 164 Å². The molecule has 0 saturated carbocycles. The van der Waals surface area contributed by atoms with Gasteiger partial charge < -0.3 is 10.2 Å². The molecule has 1 fully saturated rings. The number of hydrogen-bond acceptors (Lipinski definition) is 3. The highest BCUT2D eigenvalue weighted by atomic mass is 79.9. The first kappa shape index (κ1) is 16.7. The lowest BCUT2D eigenvalue weighted by atomic mass is 10.0. The molecule has 4 rings (SSSR count). The van der Waals surface area contributed by atoms with E-state index < -0.39 is 0 Å². The second-order valence-electron chi connectivity index (χ2n) is 5.97. The maximum Gasteiger partial charge on any atom is 0.174 e. The van der Waals surface area contributed by atoms with Gasteiger partial charge in [0.25, 0.3) is 0 Å². The Kier molecular flexibility index (Phi) is 4.58. The van der Waals surface area contributed by atoms with Crippen molar-refractivity contribution >= 4 is 50.3 Å². The quantitative estimate of drug-likeness (QED) is 0.564. The Bertz CT molecular complexity index is 893. The fourth-order valence-corrected chi connectivity index (χ4v) is 5.01. The average Bonchev–Trinajstić information content (AvgIpc) is 3.20. The summed E-state index contributed by atoms with van der Waals surface area (Å²) in [6.07, 6.45) is 1.83. The van der Waals surface area contributed by atoms with Crippen molar-refractivity contribution < 1.29 is 0 Å². The molecule has 126 valence electrons. The van der Waals surface area contributed by atoms with E-state index in [2.05, 4.69) is 80.5 Å². The molecular weight excluding hydrogens is 414 g/mol. The van der Waals surface area contributed by atoms with Gasteiger partial charge in [-0.3, -0.25) is 4.98 Å². The topological polar surface area (TPSA) is 28.2 Å². The van der Waals surface area contributed by atoms with Crippen LogP contribution >= 0.6 is 39.5 Å². The van der Waals surface area contributed by atoms with Crippen LogP contribution in [0.15, 0.2) is 64.6 Å². The largest absolute Gasteiger partial charge is 0.351 e. The summed E-state index contributed by atoms with van der Waals surface area (Å²) >= 11 is 11.0. The number of anilines is 1. The number of aryl methyl sites for hydroxylation is 1. The maximum atomic E-state index is 5.70. The summed E-state index contributed by atoms with van der Waals surface area (Å²) in [5, 5.41) is 4.21. The second-order valence-corrected chi connectivity index (χ2v) is 8.86. The molecule has 0 amide bonds. The molecule has 0 aliphatic carbocycles. The zero-order chi connectivity index (χ0) is 17.4. The van der Waals surface area contributed by atoms with E-state index in [1.807, 2.05) is 18.3 Å². The highest BCUT2D eigenvalue weighted by molar-refractivity contribution is 9.11. The number of halogens is 1. The van der Waals surface area contributed by atoms with Crippen molar-refractivity contribution in [3.05, 3.63) is 80.7 Å². The summed E-state index contributed by atoms with van der Waals surface area (Å²) in [7, 11) is 0. The lowest BCUT2D eigenvalue weighted by Gasteiger charge is -2.27. The van der Waals surface area contributed by atoms with Crippen molar-refractivity contribution in [2.24, 2.45) is 0 Å². The smallest absolute Gasteiger partial charge is 0.174 e. The Morgan fingerprint density at radius 2 is 1.92 bits per heavy atom. The number of nitrogens with zero attached hydrogens (tertiary/aromatic N) is 2. The van der Waals surface area contributed by atoms with Crippen LogP contribution in [0.4, 0.5) is 5.69 Å². The third-order valence-corrected chi connectivity index (χ3v) is 6.30. The molecule has 6 heteroatoms. The second kappa shape index (κ2) is 6.86. The van der Waals surface area contributed by atoms with E-state index in [0.717, 1.165) is 20.3 Å². The predicted molar refractivity (Wildman–Crippen MR) is 111 cm³/mol. The van der Waals surface area contributed by atoms with Crippen molar-refractivity contribution in [2.45, 2.75) is 19.0 Å². The van der Waals surface area contributed by atoms with Gasteiger partial charge in [-0.2, -0.15) is 0 Å². The van der Waals surface area contributed by atoms with Gasteiger partial charge in [-0.1, -0.05) is 23.8 Å². The molecule has 1 N–H and O–H groups in total. The fraction of sp³-hybridized carbons (Fsp3) is 0.158. The zero-order valence-corrected chi connectivity index (χ0v) is 16.7. The van der Waals surface area contributed by atoms with Crippen LogP contribution in [0.3, 0.4) is 0 Å². The van der Waals surface area contributed by atoms with Crippen LogP contribution in [0.5, 0.6) is 0 Å². The molecule has 1 saturated heterocycles. The molecule has 3 aromatic rings. The van der Waals surface area contributed by atoms with Crippen LogP contribution in [-0.2, 0) is 0 Å². The standard InChI is InChI=1S/C19H16BrN3S2/c1-12-5-7-13(8-6-12)23-18(15-9-10-16(20)25-15)17(22-19(23)24)14-4-2-3-11-21-14/h2-11,17-18H,1H3,(H,22,24)/t17-,18-/m0/s1. The maximum absolute atomic E-state index is 5.70. The number of hydrogen-bond donors (Lipinski definition) is 1. The van der Waals surface area contributed by atoms with Crippen LogP contribution in [0.25, 0.3) is 0 Å². The van der Waals surface area contributed by atoms with E-state index in [1.165, 1.54) is 10.4 Å². The molecular formula is C19H16BrN3S2. The van der Waals surface area contributed by atoms with Crippen LogP contribution in [-0.4, -0.2) is 10.1 Å². The number of nitrogens with one attached hydrogen (secondary N) is 1. The SMILES string of the molecule is Cc1ccc(N2C(=S)N[C@@H](c3ccccn3)[C@@H]2c2ccc(Br)s2)cc1. The van der Waals surface area contributed by atoms with Gasteiger partial charge in [-0.15, -0.1) is 11.3 Å². The fourth-order valence-electron chi connectivity index (χ4n) is 3.11. The van der Waals surface area contributed by atoms with Crippen LogP contribution in [0, 0.1) is 6.92 Å². The highest BCUT2D eigenvalue weighted by Crippen LogP contribution is 2.44. The predicted octanol–water partition coefficient (Wildman–Crippen LogP) is 5.39. The Balaban J connectivity index is 1.81. The van der Waals surface area contributed by atoms with Crippen LogP contribution in [0.2, 0.25) is 0 Å². The van der Waals surface area contributed by atoms with E-state index in [1.54, 1.807) is 11.3 Å². The highest BCUT2D eigenvalue weighted by Gasteiger charge is 2.41. The van der Waals surface area contributed by atoms with Gasteiger partial charge in [0.2, 0.25) is 0 Å². The van der Waals surface area contributed by atoms with Gasteiger partial charge in [0.15, 0.2) is 5.11 Å². The Morgan fingerprint density at radius 1 is 1.12 bits per heavy atom. The lowest BCUT2D eigenvalue weighted by molar-refractivity contribution is 0.575. The molecule has 3 nitrogen and oxygen atoms in total. The lowest BCUT2D eigenvalue weighted by Crippen LogP contribution is -2.29. The molecule has 1 aliphatic heterocycles. The minimum atomic E-state index is 0.0144. The van der Waals surface area contributed by atoms with Crippen molar-refractivity contribution in [1.29, 1.82) is 0 Å². The summed E-state index contributed by atoms with van der Waals surface area (Å²) < 4.78 is 1.11. The third-order valence-electron chi connectivity index (χ3n) is 4.30. The molecule has 3 heterocycles.